The molecule has 14 heavy (non-hydrogen) atoms. The molecular weight excluding hydrogens is 216 g/mol. The molecule has 0 rings (SSSR count). The van der Waals surface area contributed by atoms with E-state index in [1.54, 1.807) is 7.11 Å². The Labute approximate surface area is 96.6 Å². The van der Waals surface area contributed by atoms with Crippen LogP contribution in [0.2, 0.25) is 0 Å². The first-order chi connectivity index (χ1) is 6.63. The first-order valence-corrected chi connectivity index (χ1v) is 6.42. The van der Waals surface area contributed by atoms with Crippen LogP contribution < -0.4 is 5.32 Å². The van der Waals surface area contributed by atoms with Crippen LogP contribution in [0.5, 0.6) is 0 Å². The zero-order valence-electron chi connectivity index (χ0n) is 9.37. The van der Waals surface area contributed by atoms with Crippen LogP contribution in [0, 0.1) is 0 Å². The van der Waals surface area contributed by atoms with E-state index in [2.05, 4.69) is 23.4 Å². The summed E-state index contributed by atoms with van der Waals surface area (Å²) >= 11 is 7.06. The summed E-state index contributed by atoms with van der Waals surface area (Å²) in [5, 5.41) is 3.94. The molecule has 0 amide bonds. The predicted molar refractivity (Wildman–Crippen MR) is 68.1 cm³/mol. The van der Waals surface area contributed by atoms with Gasteiger partial charge in [0.15, 0.2) is 5.11 Å². The highest BCUT2D eigenvalue weighted by atomic mass is 32.2. The van der Waals surface area contributed by atoms with Gasteiger partial charge in [-0.1, -0.05) is 0 Å². The fraction of sp³-hybridized carbons (Fsp3) is 0.889. The van der Waals surface area contributed by atoms with Gasteiger partial charge in [-0.3, -0.25) is 0 Å². The second kappa shape index (κ2) is 8.32. The van der Waals surface area contributed by atoms with Crippen LogP contribution in [-0.4, -0.2) is 55.4 Å². The molecule has 0 radical (unpaired) electrons. The van der Waals surface area contributed by atoms with Crippen LogP contribution >= 0.6 is 24.0 Å². The lowest BCUT2D eigenvalue weighted by atomic mass is 10.3. The van der Waals surface area contributed by atoms with Crippen LogP contribution in [0.4, 0.5) is 0 Å². The molecule has 0 spiro atoms. The van der Waals surface area contributed by atoms with Crippen molar-refractivity contribution >= 4 is 29.1 Å². The molecule has 0 heterocycles. The fourth-order valence-electron chi connectivity index (χ4n) is 0.938. The first-order valence-electron chi connectivity index (χ1n) is 4.62. The Morgan fingerprint density at radius 3 is 2.79 bits per heavy atom. The minimum atomic E-state index is 0.465. The van der Waals surface area contributed by atoms with Crippen molar-refractivity contribution in [2.24, 2.45) is 0 Å². The first kappa shape index (κ1) is 14.0. The Morgan fingerprint density at radius 1 is 1.64 bits per heavy atom. The lowest BCUT2D eigenvalue weighted by molar-refractivity contribution is 0.203. The standard InChI is InChI=1S/C9H20N2OS2/c1-8(7-14-4)11(2)9(13)10-5-6-12-3/h8H,5-7H2,1-4H3,(H,10,13). The molecule has 5 heteroatoms. The van der Waals surface area contributed by atoms with Crippen LogP contribution in [0.15, 0.2) is 0 Å². The van der Waals surface area contributed by atoms with Crippen molar-refractivity contribution in [2.45, 2.75) is 13.0 Å². The van der Waals surface area contributed by atoms with Gasteiger partial charge in [-0.25, -0.2) is 0 Å². The summed E-state index contributed by atoms with van der Waals surface area (Å²) in [6, 6.07) is 0.465. The third-order valence-electron chi connectivity index (χ3n) is 1.97. The van der Waals surface area contributed by atoms with Crippen LogP contribution in [0.25, 0.3) is 0 Å². The minimum absolute atomic E-state index is 0.465. The van der Waals surface area contributed by atoms with Crippen LogP contribution in [0.3, 0.4) is 0 Å². The van der Waals surface area contributed by atoms with Crippen molar-refractivity contribution in [1.29, 1.82) is 0 Å². The number of methoxy groups -OCH3 is 1. The van der Waals surface area contributed by atoms with Crippen molar-refractivity contribution in [1.82, 2.24) is 10.2 Å². The molecule has 1 atom stereocenters. The van der Waals surface area contributed by atoms with Gasteiger partial charge in [-0.2, -0.15) is 11.8 Å². The van der Waals surface area contributed by atoms with E-state index in [-0.39, 0.29) is 0 Å². The van der Waals surface area contributed by atoms with E-state index < -0.39 is 0 Å². The van der Waals surface area contributed by atoms with Crippen LogP contribution in [-0.2, 0) is 4.74 Å². The van der Waals surface area contributed by atoms with E-state index in [1.807, 2.05) is 18.8 Å². The largest absolute Gasteiger partial charge is 0.383 e. The molecule has 0 fully saturated rings. The fourth-order valence-corrected chi connectivity index (χ4v) is 1.93. The number of thioether (sulfide) groups is 1. The SMILES string of the molecule is COCCNC(=S)N(C)C(C)CSC. The molecule has 0 aliphatic heterocycles. The summed E-state index contributed by atoms with van der Waals surface area (Å²) in [6.07, 6.45) is 2.10. The normalized spacial score (nSPS) is 12.3. The molecule has 0 aromatic carbocycles. The Kier molecular flexibility index (Phi) is 8.32. The quantitative estimate of drug-likeness (QED) is 0.552. The molecule has 1 unspecified atom stereocenters. The zero-order valence-corrected chi connectivity index (χ0v) is 11.0. The third-order valence-corrected chi connectivity index (χ3v) is 3.22. The van der Waals surface area contributed by atoms with Crippen molar-refractivity contribution in [3.8, 4) is 0 Å². The van der Waals surface area contributed by atoms with Gasteiger partial charge in [0.2, 0.25) is 0 Å². The lowest BCUT2D eigenvalue weighted by Gasteiger charge is -2.27. The van der Waals surface area contributed by atoms with E-state index in [9.17, 15) is 0 Å². The van der Waals surface area contributed by atoms with Gasteiger partial charge in [-0.05, 0) is 25.4 Å². The molecule has 84 valence electrons. The number of thiocarbonyl (C=S) groups is 1. The van der Waals surface area contributed by atoms with E-state index >= 15 is 0 Å². The number of ether oxygens (including phenoxy) is 1. The van der Waals surface area contributed by atoms with E-state index in [4.69, 9.17) is 17.0 Å². The second-order valence-corrected chi connectivity index (χ2v) is 4.44. The van der Waals surface area contributed by atoms with E-state index in [1.165, 1.54) is 0 Å². The maximum absolute atomic E-state index is 5.23. The summed E-state index contributed by atoms with van der Waals surface area (Å²) in [4.78, 5) is 2.08. The summed E-state index contributed by atoms with van der Waals surface area (Å²) in [5.74, 6) is 1.09. The maximum Gasteiger partial charge on any atom is 0.169 e. The molecular formula is C9H20N2OS2. The highest BCUT2D eigenvalue weighted by Gasteiger charge is 2.10. The number of hydrogen-bond donors (Lipinski definition) is 1. The number of hydrogen-bond acceptors (Lipinski definition) is 3. The van der Waals surface area contributed by atoms with Crippen LogP contribution in [0.1, 0.15) is 6.92 Å². The van der Waals surface area contributed by atoms with Gasteiger partial charge >= 0.3 is 0 Å². The van der Waals surface area contributed by atoms with Gasteiger partial charge < -0.3 is 15.0 Å². The Morgan fingerprint density at radius 2 is 2.29 bits per heavy atom. The maximum atomic E-state index is 5.23. The molecule has 0 bridgehead atoms. The summed E-state index contributed by atoms with van der Waals surface area (Å²) in [6.45, 7) is 3.62. The molecule has 0 saturated heterocycles. The summed E-state index contributed by atoms with van der Waals surface area (Å²) in [7, 11) is 3.70. The van der Waals surface area contributed by atoms with Gasteiger partial charge in [0, 0.05) is 32.5 Å². The Balaban J connectivity index is 3.74. The summed E-state index contributed by atoms with van der Waals surface area (Å²) in [5.41, 5.74) is 0. The summed E-state index contributed by atoms with van der Waals surface area (Å²) < 4.78 is 4.94. The van der Waals surface area contributed by atoms with E-state index in [0.717, 1.165) is 17.4 Å². The highest BCUT2D eigenvalue weighted by Crippen LogP contribution is 2.03. The monoisotopic (exact) mass is 236 g/mol. The third kappa shape index (κ3) is 5.67. The van der Waals surface area contributed by atoms with Gasteiger partial charge in [0.05, 0.1) is 6.61 Å². The molecule has 0 saturated carbocycles. The molecule has 0 aromatic rings. The molecule has 0 aliphatic carbocycles. The Bertz CT molecular complexity index is 167. The van der Waals surface area contributed by atoms with Gasteiger partial charge in [0.1, 0.15) is 0 Å². The van der Waals surface area contributed by atoms with Gasteiger partial charge in [0.25, 0.3) is 0 Å². The zero-order chi connectivity index (χ0) is 11.0. The van der Waals surface area contributed by atoms with Gasteiger partial charge in [-0.15, -0.1) is 0 Å². The molecule has 3 nitrogen and oxygen atoms in total. The van der Waals surface area contributed by atoms with Crippen molar-refractivity contribution < 1.29 is 4.74 Å². The average molecular weight is 236 g/mol. The molecule has 0 aliphatic rings. The topological polar surface area (TPSA) is 24.5 Å². The van der Waals surface area contributed by atoms with Crippen molar-refractivity contribution in [2.75, 3.05) is 39.3 Å². The second-order valence-electron chi connectivity index (χ2n) is 3.14. The minimum Gasteiger partial charge on any atom is -0.383 e. The number of nitrogens with one attached hydrogen (secondary N) is 1. The molecule has 1 N–H and O–H groups in total. The molecule has 0 aromatic heterocycles. The van der Waals surface area contributed by atoms with Crippen molar-refractivity contribution in [3.05, 3.63) is 0 Å². The van der Waals surface area contributed by atoms with E-state index in [0.29, 0.717) is 12.6 Å². The lowest BCUT2D eigenvalue weighted by Crippen LogP contribution is -2.44. The smallest absolute Gasteiger partial charge is 0.169 e. The average Bonchev–Trinajstić information content (AvgIpc) is 2.17. The predicted octanol–water partition coefficient (Wildman–Crippen LogP) is 1.19. The van der Waals surface area contributed by atoms with Crippen molar-refractivity contribution in [3.63, 3.8) is 0 Å². The Hall–Kier alpha value is 0. The highest BCUT2D eigenvalue weighted by molar-refractivity contribution is 7.98. The number of nitrogens with zero attached hydrogens (tertiary/aromatic N) is 1. The number of rotatable bonds is 6.